The fourth-order valence-corrected chi connectivity index (χ4v) is 7.84. The van der Waals surface area contributed by atoms with Gasteiger partial charge in [0.15, 0.2) is 6.29 Å². The van der Waals surface area contributed by atoms with Crippen LogP contribution in [0.5, 0.6) is 0 Å². The van der Waals surface area contributed by atoms with E-state index in [2.05, 4.69) is 38.2 Å². The lowest BCUT2D eigenvalue weighted by atomic mass is 9.99. The molecule has 0 spiro atoms. The highest BCUT2D eigenvalue weighted by molar-refractivity contribution is 5.69. The lowest BCUT2D eigenvalue weighted by Gasteiger charge is -2.39. The van der Waals surface area contributed by atoms with Crippen molar-refractivity contribution in [2.24, 2.45) is 0 Å². The highest BCUT2D eigenvalue weighted by atomic mass is 16.7. The smallest absolute Gasteiger partial charge is 0.306 e. The third-order valence-corrected chi connectivity index (χ3v) is 11.8. The number of ether oxygens (including phenoxy) is 4. The molecule has 1 aliphatic rings. The van der Waals surface area contributed by atoms with Crippen LogP contribution in [0.1, 0.15) is 232 Å². The van der Waals surface area contributed by atoms with Crippen LogP contribution < -0.4 is 0 Å². The first-order valence-corrected chi connectivity index (χ1v) is 25.4. The number of hydrogen-bond acceptors (Lipinski definition) is 9. The van der Waals surface area contributed by atoms with Gasteiger partial charge in [0.25, 0.3) is 0 Å². The number of aliphatic hydroxyl groups excluding tert-OH is 4. The number of unbranched alkanes of at least 4 members (excludes halogenated alkanes) is 29. The van der Waals surface area contributed by atoms with Crippen molar-refractivity contribution < 1.29 is 44.2 Å². The van der Waals surface area contributed by atoms with Gasteiger partial charge in [-0.2, -0.15) is 0 Å². The molecule has 1 heterocycles. The largest absolute Gasteiger partial charge is 0.457 e. The molecule has 0 aliphatic carbocycles. The zero-order valence-electron chi connectivity index (χ0n) is 39.0. The second-order valence-corrected chi connectivity index (χ2v) is 17.6. The topological polar surface area (TPSA) is 135 Å². The van der Waals surface area contributed by atoms with Gasteiger partial charge in [-0.3, -0.25) is 4.79 Å². The molecule has 0 aromatic carbocycles. The summed E-state index contributed by atoms with van der Waals surface area (Å²) in [5, 5.41) is 40.2. The van der Waals surface area contributed by atoms with Crippen LogP contribution in [0.25, 0.3) is 0 Å². The van der Waals surface area contributed by atoms with Crippen molar-refractivity contribution >= 4 is 5.97 Å². The molecular weight excluding hydrogens is 757 g/mol. The summed E-state index contributed by atoms with van der Waals surface area (Å²) < 4.78 is 22.9. The van der Waals surface area contributed by atoms with Crippen molar-refractivity contribution in [1.82, 2.24) is 0 Å². The van der Waals surface area contributed by atoms with Crippen molar-refractivity contribution in [3.8, 4) is 0 Å². The second kappa shape index (κ2) is 42.9. The Morgan fingerprint density at radius 3 is 1.35 bits per heavy atom. The predicted octanol–water partition coefficient (Wildman–Crippen LogP) is 12.1. The van der Waals surface area contributed by atoms with E-state index in [1.165, 1.54) is 180 Å². The first kappa shape index (κ1) is 56.7. The zero-order valence-corrected chi connectivity index (χ0v) is 39.0. The summed E-state index contributed by atoms with van der Waals surface area (Å²) in [5.74, 6) is -0.315. The van der Waals surface area contributed by atoms with Crippen LogP contribution in [0.3, 0.4) is 0 Å². The van der Waals surface area contributed by atoms with Crippen LogP contribution in [0, 0.1) is 0 Å². The molecule has 354 valence electrons. The number of hydrogen-bond donors (Lipinski definition) is 4. The molecule has 0 aromatic rings. The highest BCUT2D eigenvalue weighted by Gasteiger charge is 2.44. The molecule has 0 bridgehead atoms. The van der Waals surface area contributed by atoms with Gasteiger partial charge in [-0.1, -0.05) is 186 Å². The van der Waals surface area contributed by atoms with Crippen molar-refractivity contribution in [1.29, 1.82) is 0 Å². The van der Waals surface area contributed by atoms with Gasteiger partial charge in [0.2, 0.25) is 0 Å². The predicted molar refractivity (Wildman–Crippen MR) is 247 cm³/mol. The van der Waals surface area contributed by atoms with Gasteiger partial charge in [-0.25, -0.2) is 0 Å². The van der Waals surface area contributed by atoms with Gasteiger partial charge in [0.1, 0.15) is 30.5 Å². The molecule has 6 atom stereocenters. The van der Waals surface area contributed by atoms with Crippen LogP contribution in [0.2, 0.25) is 0 Å². The molecule has 1 saturated heterocycles. The number of esters is 1. The zero-order chi connectivity index (χ0) is 43.6. The lowest BCUT2D eigenvalue weighted by Crippen LogP contribution is -2.59. The SMILES string of the molecule is CCCCCCCC/C=C\CCCCCCCCOCC(COC1OC(CO)C(O)C(O)C1O)OC(=O)CCCCCCCCCCC/C=C\CCCCCCCCCC. The van der Waals surface area contributed by atoms with Gasteiger partial charge >= 0.3 is 5.97 Å². The van der Waals surface area contributed by atoms with E-state index < -0.39 is 43.4 Å². The Labute approximate surface area is 368 Å². The van der Waals surface area contributed by atoms with E-state index >= 15 is 0 Å². The van der Waals surface area contributed by atoms with E-state index in [4.69, 9.17) is 18.9 Å². The number of carbonyl (C=O) groups is 1. The molecule has 1 fully saturated rings. The monoisotopic (exact) mass is 853 g/mol. The number of carbonyl (C=O) groups excluding carboxylic acids is 1. The Kier molecular flexibility index (Phi) is 40.6. The molecule has 0 amide bonds. The van der Waals surface area contributed by atoms with Crippen LogP contribution in [0.15, 0.2) is 24.3 Å². The lowest BCUT2D eigenvalue weighted by molar-refractivity contribution is -0.305. The summed E-state index contributed by atoms with van der Waals surface area (Å²) in [6.07, 6.45) is 43.5. The standard InChI is InChI=1S/C51H96O9/c1-3-5-7-9-11-13-15-17-19-21-22-23-24-25-26-28-30-32-34-36-38-40-47(53)59-45(44-58-51-50(56)49(55)48(54)46(42-52)60-51)43-57-41-39-37-35-33-31-29-27-20-18-16-14-12-10-8-6-4-2/h18,20-22,45-46,48-52,54-56H,3-17,19,23-44H2,1-2H3/b20-18-,22-21-. The summed E-state index contributed by atoms with van der Waals surface area (Å²) in [7, 11) is 0. The third-order valence-electron chi connectivity index (χ3n) is 11.8. The fourth-order valence-electron chi connectivity index (χ4n) is 7.84. The molecule has 0 saturated carbocycles. The fraction of sp³-hybridized carbons (Fsp3) is 0.902. The number of aliphatic hydroxyl groups is 4. The van der Waals surface area contributed by atoms with E-state index in [1.54, 1.807) is 0 Å². The van der Waals surface area contributed by atoms with Crippen molar-refractivity contribution in [3.63, 3.8) is 0 Å². The van der Waals surface area contributed by atoms with E-state index in [1.807, 2.05) is 0 Å². The van der Waals surface area contributed by atoms with Gasteiger partial charge in [-0.05, 0) is 64.2 Å². The molecule has 60 heavy (non-hydrogen) atoms. The average Bonchev–Trinajstić information content (AvgIpc) is 3.25. The summed E-state index contributed by atoms with van der Waals surface area (Å²) in [6.45, 7) is 4.57. The molecular formula is C51H96O9. The molecule has 4 N–H and O–H groups in total. The maximum absolute atomic E-state index is 12.8. The van der Waals surface area contributed by atoms with Gasteiger partial charge in [-0.15, -0.1) is 0 Å². The summed E-state index contributed by atoms with van der Waals surface area (Å²) in [5.41, 5.74) is 0. The van der Waals surface area contributed by atoms with Crippen molar-refractivity contribution in [2.45, 2.75) is 269 Å². The minimum Gasteiger partial charge on any atom is -0.457 e. The first-order valence-electron chi connectivity index (χ1n) is 25.4. The normalized spacial score (nSPS) is 20.1. The van der Waals surface area contributed by atoms with Crippen LogP contribution in [-0.4, -0.2) is 89.6 Å². The highest BCUT2D eigenvalue weighted by Crippen LogP contribution is 2.23. The van der Waals surface area contributed by atoms with Gasteiger partial charge in [0, 0.05) is 13.0 Å². The molecule has 9 nitrogen and oxygen atoms in total. The number of rotatable bonds is 44. The Balaban J connectivity index is 2.20. The average molecular weight is 853 g/mol. The van der Waals surface area contributed by atoms with Crippen LogP contribution in [-0.2, 0) is 23.7 Å². The first-order chi connectivity index (χ1) is 29.4. The second-order valence-electron chi connectivity index (χ2n) is 17.6. The summed E-state index contributed by atoms with van der Waals surface area (Å²) >= 11 is 0. The van der Waals surface area contributed by atoms with Crippen molar-refractivity contribution in [3.05, 3.63) is 24.3 Å². The molecule has 1 rings (SSSR count). The maximum Gasteiger partial charge on any atom is 0.306 e. The van der Waals surface area contributed by atoms with E-state index in [0.29, 0.717) is 13.0 Å². The molecule has 0 aromatic heterocycles. The Hall–Kier alpha value is -1.33. The van der Waals surface area contributed by atoms with Gasteiger partial charge in [0.05, 0.1) is 19.8 Å². The molecule has 9 heteroatoms. The van der Waals surface area contributed by atoms with Crippen LogP contribution >= 0.6 is 0 Å². The quantitative estimate of drug-likeness (QED) is 0.0268. The Bertz CT molecular complexity index is 972. The Morgan fingerprint density at radius 2 is 0.917 bits per heavy atom. The molecule has 1 aliphatic heterocycles. The number of allylic oxidation sites excluding steroid dienone is 4. The minimum absolute atomic E-state index is 0.114. The van der Waals surface area contributed by atoms with E-state index in [9.17, 15) is 25.2 Å². The Morgan fingerprint density at radius 1 is 0.517 bits per heavy atom. The van der Waals surface area contributed by atoms with E-state index in [0.717, 1.165) is 32.1 Å². The minimum atomic E-state index is -1.54. The summed E-state index contributed by atoms with van der Waals surface area (Å²) in [4.78, 5) is 12.8. The third kappa shape index (κ3) is 33.3. The van der Waals surface area contributed by atoms with Crippen LogP contribution in [0.4, 0.5) is 0 Å². The maximum atomic E-state index is 12.8. The van der Waals surface area contributed by atoms with Crippen molar-refractivity contribution in [2.75, 3.05) is 26.4 Å². The molecule has 0 radical (unpaired) electrons. The molecule has 6 unspecified atom stereocenters. The van der Waals surface area contributed by atoms with E-state index in [-0.39, 0.29) is 19.2 Å². The van der Waals surface area contributed by atoms with Gasteiger partial charge < -0.3 is 39.4 Å². The summed E-state index contributed by atoms with van der Waals surface area (Å²) in [6, 6.07) is 0.